The molecule has 41 heavy (non-hydrogen) atoms. The lowest BCUT2D eigenvalue weighted by atomic mass is 9.80. The van der Waals surface area contributed by atoms with E-state index in [1.807, 2.05) is 66.7 Å². The monoisotopic (exact) mass is 578 g/mol. The fourth-order valence-electron chi connectivity index (χ4n) is 5.13. The maximum Gasteiger partial charge on any atom is 0.155 e. The summed E-state index contributed by atoms with van der Waals surface area (Å²) in [5, 5.41) is 9.64. The van der Waals surface area contributed by atoms with Gasteiger partial charge < -0.3 is 23.3 Å². The Bertz CT molecular complexity index is 1140. The minimum Gasteiger partial charge on any atom is -0.497 e. The summed E-state index contributed by atoms with van der Waals surface area (Å²) in [4.78, 5) is 2.15. The number of methoxy groups -OCH3 is 2. The Hall–Kier alpha value is -2.98. The lowest BCUT2D eigenvalue weighted by molar-refractivity contribution is 0.00709. The third kappa shape index (κ3) is 8.52. The van der Waals surface area contributed by atoms with Crippen molar-refractivity contribution in [2.24, 2.45) is 0 Å². The molecule has 0 aliphatic carbocycles. The summed E-state index contributed by atoms with van der Waals surface area (Å²) in [5.41, 5.74) is 2.14. The molecule has 2 atom stereocenters. The fourth-order valence-corrected chi connectivity index (χ4v) is 5.67. The van der Waals surface area contributed by atoms with Gasteiger partial charge >= 0.3 is 0 Å². The lowest BCUT2D eigenvalue weighted by Gasteiger charge is -2.36. The Balaban J connectivity index is 1.71. The van der Waals surface area contributed by atoms with E-state index in [0.717, 1.165) is 28.2 Å². The molecule has 0 amide bonds. The van der Waals surface area contributed by atoms with E-state index in [2.05, 4.69) is 50.8 Å². The highest BCUT2D eigenvalue weighted by Crippen LogP contribution is 2.41. The first-order valence-electron chi connectivity index (χ1n) is 14.0. The molecule has 3 rings (SSSR count). The van der Waals surface area contributed by atoms with Crippen molar-refractivity contribution in [2.75, 3.05) is 34.0 Å². The van der Waals surface area contributed by atoms with Crippen molar-refractivity contribution in [1.82, 2.24) is 4.90 Å². The average Bonchev–Trinajstić information content (AvgIpc) is 3.00. The van der Waals surface area contributed by atoms with E-state index >= 15 is 0 Å². The number of nitrogens with zero attached hydrogens (tertiary/aromatic N) is 2. The van der Waals surface area contributed by atoms with Gasteiger partial charge in [0.1, 0.15) is 23.1 Å². The molecule has 0 aliphatic rings. The zero-order chi connectivity index (χ0) is 29.7. The van der Waals surface area contributed by atoms with Crippen molar-refractivity contribution in [3.05, 3.63) is 95.6 Å². The first kappa shape index (κ1) is 32.5. The minimum absolute atomic E-state index is 0.140. The van der Waals surface area contributed by atoms with Crippen molar-refractivity contribution in [3.63, 3.8) is 0 Å². The van der Waals surface area contributed by atoms with E-state index < -0.39 is 5.60 Å². The number of nitriles is 1. The summed E-state index contributed by atoms with van der Waals surface area (Å²) in [5.74, 6) is 1.56. The Morgan fingerprint density at radius 2 is 1.24 bits per heavy atom. The van der Waals surface area contributed by atoms with Crippen LogP contribution in [0, 0.1) is 11.3 Å². The van der Waals surface area contributed by atoms with Gasteiger partial charge in [0.25, 0.3) is 0 Å². The Morgan fingerprint density at radius 3 is 1.71 bits per heavy atom. The van der Waals surface area contributed by atoms with Crippen LogP contribution in [0.4, 0.5) is 0 Å². The average molecular weight is 579 g/mol. The second-order valence-corrected chi connectivity index (χ2v) is 11.0. The van der Waals surface area contributed by atoms with Crippen LogP contribution in [-0.2, 0) is 19.4 Å². The number of rotatable bonds is 17. The molecule has 0 spiro atoms. The molecule has 0 aromatic heterocycles. The molecule has 0 heterocycles. The fraction of sp³-hybridized carbons (Fsp3) is 0.424. The molecule has 0 saturated carbocycles. The molecule has 0 bridgehead atoms. The standard InChI is InChI=1S/C33H43N2O5P/c1-25(2)35(26(3)4)30(23-34)24-40-41-39-22-10-21-38-33(27-11-8-7-9-12-27,28-13-17-31(36-5)18-14-28)29-15-19-32(37-6)20-16-29/h7-9,11-20,25-26,30,41H,10,21-22,24H2,1-6H3. The summed E-state index contributed by atoms with van der Waals surface area (Å²) in [6.45, 7) is 9.62. The van der Waals surface area contributed by atoms with Crippen LogP contribution in [0.15, 0.2) is 78.9 Å². The highest BCUT2D eigenvalue weighted by Gasteiger charge is 2.37. The molecular weight excluding hydrogens is 535 g/mol. The van der Waals surface area contributed by atoms with Crippen LogP contribution in [0.3, 0.4) is 0 Å². The van der Waals surface area contributed by atoms with Crippen LogP contribution in [-0.4, -0.2) is 57.1 Å². The summed E-state index contributed by atoms with van der Waals surface area (Å²) >= 11 is 0. The van der Waals surface area contributed by atoms with E-state index in [0.29, 0.717) is 26.2 Å². The van der Waals surface area contributed by atoms with E-state index in [4.69, 9.17) is 23.3 Å². The zero-order valence-electron chi connectivity index (χ0n) is 25.0. The Kier molecular flexibility index (Phi) is 13.1. The minimum atomic E-state index is -0.851. The van der Waals surface area contributed by atoms with Gasteiger partial charge in [0.15, 0.2) is 9.03 Å². The Labute approximate surface area is 247 Å². The molecule has 0 radical (unpaired) electrons. The van der Waals surface area contributed by atoms with E-state index in [1.165, 1.54) is 0 Å². The van der Waals surface area contributed by atoms with Gasteiger partial charge in [-0.1, -0.05) is 54.6 Å². The van der Waals surface area contributed by atoms with Crippen LogP contribution in [0.25, 0.3) is 0 Å². The van der Waals surface area contributed by atoms with Gasteiger partial charge in [-0.25, -0.2) is 0 Å². The molecule has 3 aromatic carbocycles. The van der Waals surface area contributed by atoms with E-state index in [-0.39, 0.29) is 27.2 Å². The molecular formula is C33H43N2O5P. The number of benzene rings is 3. The molecule has 2 unspecified atom stereocenters. The summed E-state index contributed by atoms with van der Waals surface area (Å²) in [7, 11) is 3.18. The van der Waals surface area contributed by atoms with Crippen LogP contribution < -0.4 is 9.47 Å². The molecule has 0 N–H and O–H groups in total. The van der Waals surface area contributed by atoms with Crippen molar-refractivity contribution in [2.45, 2.75) is 57.8 Å². The zero-order valence-corrected chi connectivity index (χ0v) is 26.0. The molecule has 0 aliphatic heterocycles. The van der Waals surface area contributed by atoms with Crippen LogP contribution >= 0.6 is 9.03 Å². The van der Waals surface area contributed by atoms with E-state index in [1.54, 1.807) is 14.2 Å². The van der Waals surface area contributed by atoms with Crippen molar-refractivity contribution in [3.8, 4) is 17.6 Å². The van der Waals surface area contributed by atoms with Gasteiger partial charge in [-0.2, -0.15) is 5.26 Å². The van der Waals surface area contributed by atoms with Gasteiger partial charge in [0.2, 0.25) is 0 Å². The molecule has 0 fully saturated rings. The third-order valence-corrected chi connectivity index (χ3v) is 7.55. The predicted molar refractivity (Wildman–Crippen MR) is 165 cm³/mol. The number of ether oxygens (including phenoxy) is 3. The SMILES string of the molecule is COc1ccc(C(OCCCOPOCC(C#N)N(C(C)C)C(C)C)(c2ccccc2)c2ccc(OC)cc2)cc1. The second kappa shape index (κ2) is 16.5. The van der Waals surface area contributed by atoms with Gasteiger partial charge in [-0.05, 0) is 75.1 Å². The molecule has 3 aromatic rings. The van der Waals surface area contributed by atoms with Crippen molar-refractivity contribution < 1.29 is 23.3 Å². The molecule has 7 nitrogen and oxygen atoms in total. The predicted octanol–water partition coefficient (Wildman–Crippen LogP) is 6.96. The quantitative estimate of drug-likeness (QED) is 0.0975. The third-order valence-electron chi connectivity index (χ3n) is 6.94. The Morgan fingerprint density at radius 1 is 0.732 bits per heavy atom. The smallest absolute Gasteiger partial charge is 0.155 e. The first-order valence-corrected chi connectivity index (χ1v) is 14.8. The maximum atomic E-state index is 9.64. The number of hydrogen-bond acceptors (Lipinski definition) is 7. The summed E-state index contributed by atoms with van der Waals surface area (Å²) in [6.07, 6.45) is 0.670. The van der Waals surface area contributed by atoms with Crippen LogP contribution in [0.1, 0.15) is 50.8 Å². The lowest BCUT2D eigenvalue weighted by Crippen LogP contribution is -2.46. The summed E-state index contributed by atoms with van der Waals surface area (Å²) in [6, 6.07) is 28.8. The van der Waals surface area contributed by atoms with Crippen LogP contribution in [0.2, 0.25) is 0 Å². The normalized spacial score (nSPS) is 12.8. The van der Waals surface area contributed by atoms with Gasteiger partial charge in [0.05, 0.1) is 40.1 Å². The van der Waals surface area contributed by atoms with Crippen molar-refractivity contribution >= 4 is 9.03 Å². The molecule has 0 saturated heterocycles. The highest BCUT2D eigenvalue weighted by molar-refractivity contribution is 7.26. The second-order valence-electron chi connectivity index (χ2n) is 10.2. The topological polar surface area (TPSA) is 73.2 Å². The van der Waals surface area contributed by atoms with Gasteiger partial charge in [0, 0.05) is 12.1 Å². The summed E-state index contributed by atoms with van der Waals surface area (Å²) < 4.78 is 29.2. The van der Waals surface area contributed by atoms with E-state index in [9.17, 15) is 5.26 Å². The number of hydrogen-bond donors (Lipinski definition) is 0. The van der Waals surface area contributed by atoms with Crippen LogP contribution in [0.5, 0.6) is 11.5 Å². The highest BCUT2D eigenvalue weighted by atomic mass is 31.1. The molecule has 220 valence electrons. The largest absolute Gasteiger partial charge is 0.497 e. The van der Waals surface area contributed by atoms with Crippen molar-refractivity contribution in [1.29, 1.82) is 5.26 Å². The first-order chi connectivity index (χ1) is 19.9. The van der Waals surface area contributed by atoms with Gasteiger partial charge in [-0.15, -0.1) is 0 Å². The van der Waals surface area contributed by atoms with Gasteiger partial charge in [-0.3, -0.25) is 4.90 Å². The maximum absolute atomic E-state index is 9.64. The molecule has 8 heteroatoms.